The van der Waals surface area contributed by atoms with Gasteiger partial charge < -0.3 is 15.4 Å². The molecule has 2 fully saturated rings. The Morgan fingerprint density at radius 1 is 1.23 bits per heavy atom. The zero-order valence-electron chi connectivity index (χ0n) is 15.7. The largest absolute Gasteiger partial charge is 0.373 e. The summed E-state index contributed by atoms with van der Waals surface area (Å²) < 4.78 is 5.68. The molecular weight excluding hydrogens is 330 g/mol. The van der Waals surface area contributed by atoms with E-state index in [4.69, 9.17) is 4.74 Å². The molecule has 0 atom stereocenters. The van der Waals surface area contributed by atoms with E-state index in [0.717, 1.165) is 19.4 Å². The summed E-state index contributed by atoms with van der Waals surface area (Å²) >= 11 is 0. The molecule has 26 heavy (non-hydrogen) atoms. The zero-order valence-corrected chi connectivity index (χ0v) is 15.7. The topological polar surface area (TPSA) is 70.7 Å². The van der Waals surface area contributed by atoms with Gasteiger partial charge in [-0.2, -0.15) is 0 Å². The fourth-order valence-electron chi connectivity index (χ4n) is 3.77. The molecule has 2 N–H and O–H groups in total. The van der Waals surface area contributed by atoms with Crippen LogP contribution in [0.15, 0.2) is 24.3 Å². The van der Waals surface area contributed by atoms with Gasteiger partial charge in [-0.05, 0) is 38.8 Å². The molecule has 0 aromatic heterocycles. The number of benzene rings is 1. The molecule has 1 aliphatic heterocycles. The minimum Gasteiger partial charge on any atom is -0.373 e. The number of ether oxygens (including phenoxy) is 1. The van der Waals surface area contributed by atoms with Gasteiger partial charge in [0.1, 0.15) is 0 Å². The van der Waals surface area contributed by atoms with Crippen molar-refractivity contribution < 1.29 is 14.3 Å². The molecule has 2 aliphatic rings. The van der Waals surface area contributed by atoms with Gasteiger partial charge in [0.25, 0.3) is 5.91 Å². The first kappa shape index (κ1) is 18.9. The SMILES string of the molecule is CC1(C)CN(CC(=O)Nc2ccccc2C(=O)NC2CCCC2)CCO1. The van der Waals surface area contributed by atoms with Gasteiger partial charge in [0, 0.05) is 19.1 Å². The summed E-state index contributed by atoms with van der Waals surface area (Å²) in [6, 6.07) is 7.45. The molecule has 1 saturated heterocycles. The molecular formula is C20H29N3O3. The summed E-state index contributed by atoms with van der Waals surface area (Å²) in [5.41, 5.74) is 0.855. The zero-order chi connectivity index (χ0) is 18.6. The number of amides is 2. The number of carbonyl (C=O) groups excluding carboxylic acids is 2. The number of para-hydroxylation sites is 1. The Morgan fingerprint density at radius 2 is 1.96 bits per heavy atom. The van der Waals surface area contributed by atoms with Crippen LogP contribution in [0.2, 0.25) is 0 Å². The van der Waals surface area contributed by atoms with Crippen LogP contribution in [0.1, 0.15) is 49.9 Å². The minimum atomic E-state index is -0.238. The predicted octanol–water partition coefficient (Wildman–Crippen LogP) is 2.41. The van der Waals surface area contributed by atoms with Crippen molar-refractivity contribution >= 4 is 17.5 Å². The maximum absolute atomic E-state index is 12.6. The number of anilines is 1. The standard InChI is InChI=1S/C20H29N3O3/c1-20(2)14-23(11-12-26-20)13-18(24)22-17-10-6-5-9-16(17)19(25)21-15-7-3-4-8-15/h5-6,9-10,15H,3-4,7-8,11-14H2,1-2H3,(H,21,25)(H,22,24). The number of nitrogens with zero attached hydrogens (tertiary/aromatic N) is 1. The molecule has 3 rings (SSSR count). The molecule has 0 radical (unpaired) electrons. The third-order valence-corrected chi connectivity index (χ3v) is 5.01. The molecule has 0 bridgehead atoms. The van der Waals surface area contributed by atoms with Crippen molar-refractivity contribution in [2.24, 2.45) is 0 Å². The van der Waals surface area contributed by atoms with Crippen LogP contribution in [-0.2, 0) is 9.53 Å². The van der Waals surface area contributed by atoms with Crippen molar-refractivity contribution in [1.29, 1.82) is 0 Å². The van der Waals surface area contributed by atoms with Crippen LogP contribution < -0.4 is 10.6 Å². The average Bonchev–Trinajstić information content (AvgIpc) is 3.07. The highest BCUT2D eigenvalue weighted by Crippen LogP contribution is 2.21. The lowest BCUT2D eigenvalue weighted by Crippen LogP contribution is -2.50. The number of nitrogens with one attached hydrogen (secondary N) is 2. The maximum atomic E-state index is 12.6. The number of morpholine rings is 1. The highest BCUT2D eigenvalue weighted by atomic mass is 16.5. The Bertz CT molecular complexity index is 653. The maximum Gasteiger partial charge on any atom is 0.253 e. The lowest BCUT2D eigenvalue weighted by molar-refractivity contribution is -0.122. The number of rotatable bonds is 5. The Kier molecular flexibility index (Phi) is 5.94. The molecule has 0 spiro atoms. The summed E-state index contributed by atoms with van der Waals surface area (Å²) in [4.78, 5) is 27.2. The molecule has 1 heterocycles. The van der Waals surface area contributed by atoms with Crippen molar-refractivity contribution in [1.82, 2.24) is 10.2 Å². The van der Waals surface area contributed by atoms with Crippen LogP contribution in [0.5, 0.6) is 0 Å². The van der Waals surface area contributed by atoms with Gasteiger partial charge >= 0.3 is 0 Å². The van der Waals surface area contributed by atoms with Gasteiger partial charge in [0.05, 0.1) is 30.0 Å². The highest BCUT2D eigenvalue weighted by Gasteiger charge is 2.28. The van der Waals surface area contributed by atoms with E-state index < -0.39 is 0 Å². The van der Waals surface area contributed by atoms with Crippen molar-refractivity contribution in [3.63, 3.8) is 0 Å². The number of carbonyl (C=O) groups is 2. The first-order valence-corrected chi connectivity index (χ1v) is 9.49. The summed E-state index contributed by atoms with van der Waals surface area (Å²) in [6.07, 6.45) is 4.40. The van der Waals surface area contributed by atoms with Gasteiger partial charge in [-0.15, -0.1) is 0 Å². The van der Waals surface area contributed by atoms with Crippen molar-refractivity contribution in [3.8, 4) is 0 Å². The molecule has 2 amide bonds. The van der Waals surface area contributed by atoms with Crippen molar-refractivity contribution in [2.45, 2.75) is 51.2 Å². The van der Waals surface area contributed by atoms with Gasteiger partial charge in [-0.3, -0.25) is 14.5 Å². The lowest BCUT2D eigenvalue weighted by Gasteiger charge is -2.37. The van der Waals surface area contributed by atoms with E-state index in [-0.39, 0.29) is 23.5 Å². The first-order chi connectivity index (χ1) is 12.4. The number of hydrogen-bond acceptors (Lipinski definition) is 4. The van der Waals surface area contributed by atoms with Crippen LogP contribution in [0.3, 0.4) is 0 Å². The second-order valence-electron chi connectivity index (χ2n) is 7.87. The van der Waals surface area contributed by atoms with Crippen LogP contribution in [-0.4, -0.2) is 54.6 Å². The third kappa shape index (κ3) is 5.05. The summed E-state index contributed by atoms with van der Waals surface area (Å²) in [6.45, 7) is 6.43. The minimum absolute atomic E-state index is 0.108. The average molecular weight is 359 g/mol. The monoisotopic (exact) mass is 359 g/mol. The van der Waals surface area contributed by atoms with E-state index in [0.29, 0.717) is 30.9 Å². The Labute approximate surface area is 155 Å². The van der Waals surface area contributed by atoms with Gasteiger partial charge in [0.2, 0.25) is 5.91 Å². The summed E-state index contributed by atoms with van der Waals surface area (Å²) in [5.74, 6) is -0.218. The normalized spacial score (nSPS) is 20.7. The lowest BCUT2D eigenvalue weighted by atomic mass is 10.1. The molecule has 0 unspecified atom stereocenters. The van der Waals surface area contributed by atoms with Gasteiger partial charge in [0.15, 0.2) is 0 Å². The van der Waals surface area contributed by atoms with Gasteiger partial charge in [-0.1, -0.05) is 25.0 Å². The van der Waals surface area contributed by atoms with E-state index >= 15 is 0 Å². The van der Waals surface area contributed by atoms with Crippen LogP contribution in [0.4, 0.5) is 5.69 Å². The van der Waals surface area contributed by atoms with Crippen LogP contribution in [0.25, 0.3) is 0 Å². The molecule has 6 nitrogen and oxygen atoms in total. The third-order valence-electron chi connectivity index (χ3n) is 5.01. The molecule has 142 valence electrons. The van der Waals surface area contributed by atoms with E-state index in [1.165, 1.54) is 12.8 Å². The Morgan fingerprint density at radius 3 is 2.69 bits per heavy atom. The van der Waals surface area contributed by atoms with Crippen molar-refractivity contribution in [2.75, 3.05) is 31.6 Å². The fourth-order valence-corrected chi connectivity index (χ4v) is 3.77. The molecule has 1 saturated carbocycles. The van der Waals surface area contributed by atoms with Crippen LogP contribution in [0, 0.1) is 0 Å². The second kappa shape index (κ2) is 8.18. The van der Waals surface area contributed by atoms with Gasteiger partial charge in [-0.25, -0.2) is 0 Å². The van der Waals surface area contributed by atoms with E-state index in [2.05, 4.69) is 15.5 Å². The molecule has 1 aromatic carbocycles. The smallest absolute Gasteiger partial charge is 0.253 e. The fraction of sp³-hybridized carbons (Fsp3) is 0.600. The van der Waals surface area contributed by atoms with Crippen LogP contribution >= 0.6 is 0 Å². The first-order valence-electron chi connectivity index (χ1n) is 9.49. The second-order valence-corrected chi connectivity index (χ2v) is 7.87. The van der Waals surface area contributed by atoms with E-state index in [1.54, 1.807) is 12.1 Å². The van der Waals surface area contributed by atoms with E-state index in [1.807, 2.05) is 26.0 Å². The molecule has 6 heteroatoms. The summed E-state index contributed by atoms with van der Waals surface area (Å²) in [7, 11) is 0. The number of hydrogen-bond donors (Lipinski definition) is 2. The molecule has 1 aromatic rings. The quantitative estimate of drug-likeness (QED) is 0.847. The Hall–Kier alpha value is -1.92. The highest BCUT2D eigenvalue weighted by molar-refractivity contribution is 6.04. The predicted molar refractivity (Wildman–Crippen MR) is 101 cm³/mol. The molecule has 1 aliphatic carbocycles. The Balaban J connectivity index is 1.60. The van der Waals surface area contributed by atoms with Crippen molar-refractivity contribution in [3.05, 3.63) is 29.8 Å². The van der Waals surface area contributed by atoms with E-state index in [9.17, 15) is 9.59 Å². The summed E-state index contributed by atoms with van der Waals surface area (Å²) in [5, 5.41) is 5.99.